The molecule has 0 saturated heterocycles. The minimum atomic E-state index is -0.218. The molecular weight excluding hydrogens is 420 g/mol. The van der Waals surface area contributed by atoms with Crippen LogP contribution >= 0.6 is 11.3 Å². The lowest BCUT2D eigenvalue weighted by Gasteiger charge is -2.12. The minimum absolute atomic E-state index is 0.169. The van der Waals surface area contributed by atoms with Crippen LogP contribution in [0, 0.1) is 0 Å². The van der Waals surface area contributed by atoms with E-state index in [0.717, 1.165) is 23.1 Å². The van der Waals surface area contributed by atoms with Gasteiger partial charge in [-0.1, -0.05) is 37.3 Å². The Hall–Kier alpha value is -3.71. The SMILES string of the molecule is CCCn1c(C(=O)NCc2ccccc2-c2ccsc2)cc2c(=O)n3ccccc3nc21. The van der Waals surface area contributed by atoms with Gasteiger partial charge < -0.3 is 9.88 Å². The van der Waals surface area contributed by atoms with E-state index >= 15 is 0 Å². The highest BCUT2D eigenvalue weighted by molar-refractivity contribution is 7.08. The fourth-order valence-electron chi connectivity index (χ4n) is 4.03. The van der Waals surface area contributed by atoms with Crippen molar-refractivity contribution in [2.24, 2.45) is 0 Å². The molecule has 5 aromatic rings. The summed E-state index contributed by atoms with van der Waals surface area (Å²) in [6, 6.07) is 17.2. The minimum Gasteiger partial charge on any atom is -0.347 e. The number of carbonyl (C=O) groups excluding carboxylic acids is 1. The van der Waals surface area contributed by atoms with Gasteiger partial charge in [0.05, 0.1) is 5.39 Å². The second kappa shape index (κ2) is 8.43. The standard InChI is InChI=1S/C25H22N4O2S/c1-2-11-28-21(14-20-23(28)27-22-9-5-6-12-29(22)25(20)31)24(30)26-15-17-7-3-4-8-19(17)18-10-13-32-16-18/h3-10,12-14,16H,2,11,15H2,1H3,(H,26,30). The van der Waals surface area contributed by atoms with Crippen molar-refractivity contribution in [3.8, 4) is 11.1 Å². The highest BCUT2D eigenvalue weighted by atomic mass is 32.1. The number of nitrogens with one attached hydrogen (secondary N) is 1. The van der Waals surface area contributed by atoms with Crippen molar-refractivity contribution < 1.29 is 4.79 Å². The molecule has 0 aliphatic carbocycles. The summed E-state index contributed by atoms with van der Waals surface area (Å²) >= 11 is 1.65. The molecule has 4 heterocycles. The fourth-order valence-corrected chi connectivity index (χ4v) is 4.69. The van der Waals surface area contributed by atoms with Gasteiger partial charge in [0.2, 0.25) is 0 Å². The lowest BCUT2D eigenvalue weighted by molar-refractivity contribution is 0.0942. The summed E-state index contributed by atoms with van der Waals surface area (Å²) in [4.78, 5) is 30.9. The average Bonchev–Trinajstić information content (AvgIpc) is 3.47. The highest BCUT2D eigenvalue weighted by Crippen LogP contribution is 2.26. The van der Waals surface area contributed by atoms with Gasteiger partial charge in [-0.3, -0.25) is 14.0 Å². The normalized spacial score (nSPS) is 11.3. The Morgan fingerprint density at radius 2 is 1.97 bits per heavy atom. The maximum atomic E-state index is 13.2. The topological polar surface area (TPSA) is 68.4 Å². The molecule has 160 valence electrons. The first-order chi connectivity index (χ1) is 15.7. The van der Waals surface area contributed by atoms with E-state index in [0.29, 0.717) is 35.5 Å². The molecular formula is C25H22N4O2S. The lowest BCUT2D eigenvalue weighted by Crippen LogP contribution is -2.25. The number of amides is 1. The maximum absolute atomic E-state index is 13.2. The molecule has 0 radical (unpaired) electrons. The van der Waals surface area contributed by atoms with Crippen LogP contribution in [-0.2, 0) is 13.1 Å². The van der Waals surface area contributed by atoms with E-state index in [-0.39, 0.29) is 11.5 Å². The Morgan fingerprint density at radius 1 is 1.12 bits per heavy atom. The van der Waals surface area contributed by atoms with E-state index < -0.39 is 0 Å². The van der Waals surface area contributed by atoms with Crippen LogP contribution in [0.25, 0.3) is 27.8 Å². The Morgan fingerprint density at radius 3 is 2.78 bits per heavy atom. The van der Waals surface area contributed by atoms with Crippen molar-refractivity contribution in [2.75, 3.05) is 0 Å². The molecule has 0 aliphatic rings. The van der Waals surface area contributed by atoms with Crippen molar-refractivity contribution >= 4 is 33.9 Å². The number of thiophene rings is 1. The second-order valence-corrected chi connectivity index (χ2v) is 8.40. The maximum Gasteiger partial charge on any atom is 0.268 e. The van der Waals surface area contributed by atoms with Crippen LogP contribution in [0.2, 0.25) is 0 Å². The molecule has 0 fully saturated rings. The zero-order valence-electron chi connectivity index (χ0n) is 17.6. The van der Waals surface area contributed by atoms with Crippen molar-refractivity contribution in [1.82, 2.24) is 19.3 Å². The van der Waals surface area contributed by atoms with Gasteiger partial charge in [0, 0.05) is 19.3 Å². The zero-order valence-corrected chi connectivity index (χ0v) is 18.4. The summed E-state index contributed by atoms with van der Waals surface area (Å²) in [6.45, 7) is 3.04. The molecule has 0 aliphatic heterocycles. The molecule has 5 rings (SSSR count). The highest BCUT2D eigenvalue weighted by Gasteiger charge is 2.19. The first-order valence-corrected chi connectivity index (χ1v) is 11.5. The lowest BCUT2D eigenvalue weighted by atomic mass is 10.0. The largest absolute Gasteiger partial charge is 0.347 e. The third kappa shape index (κ3) is 3.50. The predicted octanol–water partition coefficient (Wildman–Crippen LogP) is 4.72. The number of pyridine rings is 1. The number of aromatic nitrogens is 3. The van der Waals surface area contributed by atoms with Gasteiger partial charge >= 0.3 is 0 Å². The first-order valence-electron chi connectivity index (χ1n) is 10.6. The summed E-state index contributed by atoms with van der Waals surface area (Å²) in [5.41, 5.74) is 4.69. The van der Waals surface area contributed by atoms with E-state index in [9.17, 15) is 9.59 Å². The predicted molar refractivity (Wildman–Crippen MR) is 128 cm³/mol. The molecule has 32 heavy (non-hydrogen) atoms. The molecule has 6 nitrogen and oxygen atoms in total. The summed E-state index contributed by atoms with van der Waals surface area (Å²) in [7, 11) is 0. The quantitative estimate of drug-likeness (QED) is 0.414. The molecule has 1 N–H and O–H groups in total. The summed E-state index contributed by atoms with van der Waals surface area (Å²) in [5, 5.41) is 7.64. The van der Waals surface area contributed by atoms with Crippen LogP contribution in [0.15, 0.2) is 76.3 Å². The van der Waals surface area contributed by atoms with Crippen molar-refractivity contribution in [1.29, 1.82) is 0 Å². The zero-order chi connectivity index (χ0) is 22.1. The monoisotopic (exact) mass is 442 g/mol. The number of nitrogens with zero attached hydrogens (tertiary/aromatic N) is 3. The number of carbonyl (C=O) groups is 1. The van der Waals surface area contributed by atoms with Gasteiger partial charge in [-0.25, -0.2) is 4.98 Å². The van der Waals surface area contributed by atoms with Crippen molar-refractivity contribution in [2.45, 2.75) is 26.4 Å². The third-order valence-corrected chi connectivity index (χ3v) is 6.23. The number of fused-ring (bicyclic) bond motifs is 2. The van der Waals surface area contributed by atoms with Gasteiger partial charge in [0.1, 0.15) is 17.0 Å². The van der Waals surface area contributed by atoms with Crippen LogP contribution in [0.3, 0.4) is 0 Å². The van der Waals surface area contributed by atoms with Gasteiger partial charge in [0.25, 0.3) is 11.5 Å². The molecule has 0 saturated carbocycles. The Bertz CT molecular complexity index is 1480. The molecule has 1 aromatic carbocycles. The molecule has 0 spiro atoms. The summed E-state index contributed by atoms with van der Waals surface area (Å²) < 4.78 is 3.36. The van der Waals surface area contributed by atoms with Gasteiger partial charge in [-0.15, -0.1) is 0 Å². The molecule has 4 aromatic heterocycles. The average molecular weight is 443 g/mol. The number of benzene rings is 1. The molecule has 7 heteroatoms. The van der Waals surface area contributed by atoms with Crippen LogP contribution in [-0.4, -0.2) is 19.9 Å². The Kier molecular flexibility index (Phi) is 5.33. The van der Waals surface area contributed by atoms with Crippen LogP contribution in [0.1, 0.15) is 29.4 Å². The van der Waals surface area contributed by atoms with E-state index in [4.69, 9.17) is 0 Å². The molecule has 0 unspecified atom stereocenters. The van der Waals surface area contributed by atoms with E-state index in [1.807, 2.05) is 41.1 Å². The first kappa shape index (κ1) is 20.2. The molecule has 0 bridgehead atoms. The Labute approximate surface area is 188 Å². The summed E-state index contributed by atoms with van der Waals surface area (Å²) in [6.07, 6.45) is 2.52. The van der Waals surface area contributed by atoms with Crippen LogP contribution in [0.5, 0.6) is 0 Å². The van der Waals surface area contributed by atoms with Gasteiger partial charge in [-0.05, 0) is 58.1 Å². The number of aryl methyl sites for hydroxylation is 1. The second-order valence-electron chi connectivity index (χ2n) is 7.62. The summed E-state index contributed by atoms with van der Waals surface area (Å²) in [5.74, 6) is -0.218. The molecule has 1 amide bonds. The van der Waals surface area contributed by atoms with Gasteiger partial charge in [-0.2, -0.15) is 11.3 Å². The van der Waals surface area contributed by atoms with E-state index in [1.54, 1.807) is 35.7 Å². The van der Waals surface area contributed by atoms with Gasteiger partial charge in [0.15, 0.2) is 0 Å². The smallest absolute Gasteiger partial charge is 0.268 e. The number of hydrogen-bond donors (Lipinski definition) is 1. The van der Waals surface area contributed by atoms with E-state index in [2.05, 4.69) is 27.8 Å². The van der Waals surface area contributed by atoms with Crippen molar-refractivity contribution in [3.05, 3.63) is 93.2 Å². The van der Waals surface area contributed by atoms with Crippen molar-refractivity contribution in [3.63, 3.8) is 0 Å². The van der Waals surface area contributed by atoms with E-state index in [1.165, 1.54) is 4.40 Å². The fraction of sp³-hybridized carbons (Fsp3) is 0.160. The van der Waals surface area contributed by atoms with Crippen LogP contribution in [0.4, 0.5) is 0 Å². The number of hydrogen-bond acceptors (Lipinski definition) is 4. The van der Waals surface area contributed by atoms with Crippen LogP contribution < -0.4 is 10.9 Å². The Balaban J connectivity index is 1.52. The number of rotatable bonds is 6. The molecule has 0 atom stereocenters. The third-order valence-electron chi connectivity index (χ3n) is 5.55.